The van der Waals surface area contributed by atoms with E-state index in [1.54, 1.807) is 0 Å². The largest absolute Gasteiger partial charge is 0.321 e. The lowest BCUT2D eigenvalue weighted by molar-refractivity contribution is 0.558. The molecule has 3 rings (SSSR count). The number of nitrogens with two attached hydrogens (primary N) is 1. The fourth-order valence-electron chi connectivity index (χ4n) is 1.95. The molecule has 3 heteroatoms. The van der Waals surface area contributed by atoms with Crippen LogP contribution in [0.3, 0.4) is 0 Å². The fraction of sp³-hybridized carbons (Fsp3) is 0.750. The van der Waals surface area contributed by atoms with Crippen molar-refractivity contribution in [2.75, 3.05) is 0 Å². The van der Waals surface area contributed by atoms with Crippen LogP contribution in [0.1, 0.15) is 66.9 Å². The van der Waals surface area contributed by atoms with Crippen molar-refractivity contribution in [3.05, 3.63) is 15.6 Å². The summed E-state index contributed by atoms with van der Waals surface area (Å²) < 4.78 is 0. The Kier molecular flexibility index (Phi) is 1.99. The Labute approximate surface area is 94.9 Å². The molecule has 0 radical (unpaired) electrons. The van der Waals surface area contributed by atoms with E-state index < -0.39 is 0 Å². The molecule has 1 aromatic heterocycles. The number of hydrogen-bond donors (Lipinski definition) is 1. The summed E-state index contributed by atoms with van der Waals surface area (Å²) in [5.41, 5.74) is 7.35. The summed E-state index contributed by atoms with van der Waals surface area (Å²) >= 11 is 1.87. The molecule has 2 nitrogen and oxygen atoms in total. The first-order valence-corrected chi connectivity index (χ1v) is 6.67. The lowest BCUT2D eigenvalue weighted by atomic mass is 10.0. The Morgan fingerprint density at radius 1 is 1.20 bits per heavy atom. The molecule has 0 bridgehead atoms. The lowest BCUT2D eigenvalue weighted by Gasteiger charge is -2.17. The van der Waals surface area contributed by atoms with Gasteiger partial charge in [0.15, 0.2) is 0 Å². The molecule has 2 saturated carbocycles. The highest BCUT2D eigenvalue weighted by Gasteiger charge is 2.36. The summed E-state index contributed by atoms with van der Waals surface area (Å²) in [5, 5.41) is 1.35. The maximum absolute atomic E-state index is 6.23. The van der Waals surface area contributed by atoms with Crippen LogP contribution in [0.25, 0.3) is 0 Å². The summed E-state index contributed by atoms with van der Waals surface area (Å²) in [6.45, 7) is 4.20. The van der Waals surface area contributed by atoms with Crippen LogP contribution in [-0.4, -0.2) is 4.98 Å². The molecule has 15 heavy (non-hydrogen) atoms. The Balaban J connectivity index is 2.01. The van der Waals surface area contributed by atoms with Gasteiger partial charge in [0.05, 0.1) is 10.7 Å². The van der Waals surface area contributed by atoms with Crippen LogP contribution in [-0.2, 0) is 5.54 Å². The van der Waals surface area contributed by atoms with Gasteiger partial charge < -0.3 is 5.73 Å². The van der Waals surface area contributed by atoms with E-state index in [1.165, 1.54) is 41.3 Å². The molecule has 2 N–H and O–H groups in total. The first-order chi connectivity index (χ1) is 7.05. The molecular weight excluding hydrogens is 204 g/mol. The molecular formula is C12H18N2S. The number of rotatable bonds is 3. The van der Waals surface area contributed by atoms with E-state index in [2.05, 4.69) is 13.8 Å². The van der Waals surface area contributed by atoms with Gasteiger partial charge in [-0.2, -0.15) is 0 Å². The predicted molar refractivity (Wildman–Crippen MR) is 63.3 cm³/mol. The van der Waals surface area contributed by atoms with Gasteiger partial charge in [0, 0.05) is 22.3 Å². The van der Waals surface area contributed by atoms with Crippen molar-refractivity contribution in [2.24, 2.45) is 5.73 Å². The number of thiazole rings is 1. The minimum absolute atomic E-state index is 0.206. The van der Waals surface area contributed by atoms with E-state index in [1.807, 2.05) is 11.3 Å². The topological polar surface area (TPSA) is 38.9 Å². The summed E-state index contributed by atoms with van der Waals surface area (Å²) in [6.07, 6.45) is 5.30. The van der Waals surface area contributed by atoms with Gasteiger partial charge >= 0.3 is 0 Å². The van der Waals surface area contributed by atoms with E-state index >= 15 is 0 Å². The monoisotopic (exact) mass is 222 g/mol. The fourth-order valence-corrected chi connectivity index (χ4v) is 3.28. The lowest BCUT2D eigenvalue weighted by Crippen LogP contribution is -2.28. The SMILES string of the molecule is CC(C)(N)c1sc(C2CC2)nc1C1CC1. The van der Waals surface area contributed by atoms with E-state index in [-0.39, 0.29) is 5.54 Å². The summed E-state index contributed by atoms with van der Waals surface area (Å²) in [6, 6.07) is 0. The maximum Gasteiger partial charge on any atom is 0.0962 e. The van der Waals surface area contributed by atoms with Crippen molar-refractivity contribution in [3.8, 4) is 0 Å². The molecule has 0 spiro atoms. The average molecular weight is 222 g/mol. The van der Waals surface area contributed by atoms with Crippen LogP contribution < -0.4 is 5.73 Å². The highest BCUT2D eigenvalue weighted by atomic mass is 32.1. The zero-order valence-corrected chi connectivity index (χ0v) is 10.2. The van der Waals surface area contributed by atoms with Crippen molar-refractivity contribution < 1.29 is 0 Å². The molecule has 0 unspecified atom stereocenters. The summed E-state index contributed by atoms with van der Waals surface area (Å²) in [4.78, 5) is 6.18. The second kappa shape index (κ2) is 3.05. The van der Waals surface area contributed by atoms with Gasteiger partial charge in [-0.1, -0.05) is 0 Å². The smallest absolute Gasteiger partial charge is 0.0962 e. The van der Waals surface area contributed by atoms with Crippen molar-refractivity contribution in [3.63, 3.8) is 0 Å². The first kappa shape index (κ1) is 9.79. The van der Waals surface area contributed by atoms with Gasteiger partial charge in [-0.25, -0.2) is 4.98 Å². The Morgan fingerprint density at radius 3 is 2.27 bits per heavy atom. The molecule has 0 atom stereocenters. The zero-order valence-electron chi connectivity index (χ0n) is 9.42. The van der Waals surface area contributed by atoms with Crippen LogP contribution >= 0.6 is 11.3 Å². The second-order valence-corrected chi connectivity index (χ2v) is 6.57. The number of hydrogen-bond acceptors (Lipinski definition) is 3. The molecule has 1 aromatic rings. The third kappa shape index (κ3) is 1.83. The molecule has 82 valence electrons. The van der Waals surface area contributed by atoms with E-state index in [0.29, 0.717) is 0 Å². The molecule has 2 aliphatic rings. The Hall–Kier alpha value is -0.410. The molecule has 2 fully saturated rings. The minimum atomic E-state index is -0.206. The number of aromatic nitrogens is 1. The Morgan fingerprint density at radius 2 is 1.80 bits per heavy atom. The minimum Gasteiger partial charge on any atom is -0.321 e. The first-order valence-electron chi connectivity index (χ1n) is 5.85. The molecule has 0 aliphatic heterocycles. The van der Waals surface area contributed by atoms with Gasteiger partial charge in [0.1, 0.15) is 0 Å². The molecule has 1 heterocycles. The van der Waals surface area contributed by atoms with E-state index in [9.17, 15) is 0 Å². The van der Waals surface area contributed by atoms with Crippen LogP contribution in [0.15, 0.2) is 0 Å². The molecule has 2 aliphatic carbocycles. The molecule has 0 amide bonds. The van der Waals surface area contributed by atoms with Crippen LogP contribution in [0.2, 0.25) is 0 Å². The van der Waals surface area contributed by atoms with Crippen LogP contribution in [0, 0.1) is 0 Å². The maximum atomic E-state index is 6.23. The van der Waals surface area contributed by atoms with Crippen molar-refractivity contribution in [1.82, 2.24) is 4.98 Å². The molecule has 0 saturated heterocycles. The zero-order chi connectivity index (χ0) is 10.6. The van der Waals surface area contributed by atoms with Gasteiger partial charge in [0.2, 0.25) is 0 Å². The van der Waals surface area contributed by atoms with Crippen molar-refractivity contribution >= 4 is 11.3 Å². The highest BCUT2D eigenvalue weighted by Crippen LogP contribution is 2.49. The summed E-state index contributed by atoms with van der Waals surface area (Å²) in [7, 11) is 0. The third-order valence-corrected chi connectivity index (χ3v) is 4.72. The van der Waals surface area contributed by atoms with E-state index in [4.69, 9.17) is 10.7 Å². The summed E-state index contributed by atoms with van der Waals surface area (Å²) in [5.74, 6) is 1.50. The second-order valence-electron chi connectivity index (χ2n) is 5.54. The van der Waals surface area contributed by atoms with Crippen molar-refractivity contribution in [2.45, 2.75) is 56.9 Å². The normalized spacial score (nSPS) is 22.1. The third-order valence-electron chi connectivity index (χ3n) is 3.15. The quantitative estimate of drug-likeness (QED) is 0.853. The van der Waals surface area contributed by atoms with E-state index in [0.717, 1.165) is 11.8 Å². The van der Waals surface area contributed by atoms with Crippen LogP contribution in [0.5, 0.6) is 0 Å². The predicted octanol–water partition coefficient (Wildman–Crippen LogP) is 3.09. The van der Waals surface area contributed by atoms with Crippen molar-refractivity contribution in [1.29, 1.82) is 0 Å². The van der Waals surface area contributed by atoms with Crippen LogP contribution in [0.4, 0.5) is 0 Å². The van der Waals surface area contributed by atoms with Gasteiger partial charge in [-0.15, -0.1) is 11.3 Å². The standard InChI is InChI=1S/C12H18N2S/c1-12(2,13)10-9(7-3-4-7)14-11(15-10)8-5-6-8/h7-8H,3-6,13H2,1-2H3. The highest BCUT2D eigenvalue weighted by molar-refractivity contribution is 7.12. The van der Waals surface area contributed by atoms with Gasteiger partial charge in [-0.3, -0.25) is 0 Å². The molecule has 0 aromatic carbocycles. The van der Waals surface area contributed by atoms with Gasteiger partial charge in [0.25, 0.3) is 0 Å². The van der Waals surface area contributed by atoms with Gasteiger partial charge in [-0.05, 0) is 39.5 Å². The average Bonchev–Trinajstić information content (AvgIpc) is 3.02. The Bertz CT molecular complexity index is 381. The number of nitrogens with zero attached hydrogens (tertiary/aromatic N) is 1.